The average molecular weight is 967 g/mol. The van der Waals surface area contributed by atoms with Gasteiger partial charge in [-0.25, -0.2) is 0 Å². The summed E-state index contributed by atoms with van der Waals surface area (Å²) in [5.41, 5.74) is 15.6. The van der Waals surface area contributed by atoms with Crippen LogP contribution in [0.1, 0.15) is 224 Å². The Morgan fingerprint density at radius 1 is 0.667 bits per heavy atom. The van der Waals surface area contributed by atoms with E-state index in [-0.39, 0.29) is 32.5 Å². The van der Waals surface area contributed by atoms with Crippen molar-refractivity contribution >= 4 is 22.4 Å². The second-order valence-electron chi connectivity index (χ2n) is 27.8. The first kappa shape index (κ1) is 55.5. The highest BCUT2D eigenvalue weighted by molar-refractivity contribution is 6.03. The molecule has 0 saturated heterocycles. The molecule has 0 saturated carbocycles. The van der Waals surface area contributed by atoms with Gasteiger partial charge in [0.2, 0.25) is 0 Å². The maximum atomic E-state index is 2.77. The molecule has 0 aliphatic heterocycles. The van der Waals surface area contributed by atoms with Crippen molar-refractivity contribution in [3.8, 4) is 0 Å². The van der Waals surface area contributed by atoms with Crippen LogP contribution in [0.2, 0.25) is 0 Å². The molecule has 5 aromatic carbocycles. The van der Waals surface area contributed by atoms with Crippen molar-refractivity contribution in [3.05, 3.63) is 165 Å². The van der Waals surface area contributed by atoms with Crippen molar-refractivity contribution in [2.45, 2.75) is 200 Å². The Labute approximate surface area is 441 Å². The van der Waals surface area contributed by atoms with E-state index in [1.165, 1.54) is 105 Å². The van der Waals surface area contributed by atoms with Gasteiger partial charge in [-0.1, -0.05) is 251 Å². The van der Waals surface area contributed by atoms with Gasteiger partial charge in [-0.05, 0) is 163 Å². The molecule has 72 heavy (non-hydrogen) atoms. The highest BCUT2D eigenvalue weighted by Crippen LogP contribution is 2.60. The van der Waals surface area contributed by atoms with Crippen molar-refractivity contribution < 1.29 is 0 Å². The lowest BCUT2D eigenvalue weighted by molar-refractivity contribution is -0.0487. The molecule has 1 heteroatoms. The molecule has 4 atom stereocenters. The Hall–Kier alpha value is -4.20. The lowest BCUT2D eigenvalue weighted by Gasteiger charge is -2.56. The number of aryl methyl sites for hydroxylation is 1. The van der Waals surface area contributed by atoms with Gasteiger partial charge in [0.05, 0.1) is 0 Å². The van der Waals surface area contributed by atoms with Gasteiger partial charge in [0.25, 0.3) is 0 Å². The van der Waals surface area contributed by atoms with Gasteiger partial charge in [-0.3, -0.25) is 4.90 Å². The molecule has 7 rings (SSSR count). The summed E-state index contributed by atoms with van der Waals surface area (Å²) in [7, 11) is 0. The van der Waals surface area contributed by atoms with E-state index in [0.717, 1.165) is 38.9 Å². The molecule has 0 fully saturated rings. The van der Waals surface area contributed by atoms with E-state index in [0.29, 0.717) is 23.7 Å². The molecule has 5 aromatic rings. The molecule has 0 N–H and O–H groups in total. The quantitative estimate of drug-likeness (QED) is 0.0631. The van der Waals surface area contributed by atoms with Crippen LogP contribution in [0, 0.1) is 45.3 Å². The van der Waals surface area contributed by atoms with Crippen molar-refractivity contribution in [2.24, 2.45) is 38.4 Å². The molecule has 0 spiro atoms. The molecule has 388 valence electrons. The van der Waals surface area contributed by atoms with Crippen molar-refractivity contribution in [2.75, 3.05) is 13.1 Å². The van der Waals surface area contributed by atoms with Gasteiger partial charge in [0.15, 0.2) is 0 Å². The Morgan fingerprint density at radius 3 is 1.94 bits per heavy atom. The summed E-state index contributed by atoms with van der Waals surface area (Å²) in [6, 6.07) is 40.7. The van der Waals surface area contributed by atoms with E-state index >= 15 is 0 Å². The lowest BCUT2D eigenvalue weighted by Crippen LogP contribution is -2.47. The third-order valence-corrected chi connectivity index (χ3v) is 19.2. The number of hydrogen-bond acceptors (Lipinski definition) is 1. The van der Waals surface area contributed by atoms with Crippen LogP contribution in [0.25, 0.3) is 22.4 Å². The van der Waals surface area contributed by atoms with Crippen LogP contribution in [0.4, 0.5) is 0 Å². The van der Waals surface area contributed by atoms with E-state index in [2.05, 4.69) is 244 Å². The maximum absolute atomic E-state index is 2.77. The van der Waals surface area contributed by atoms with Crippen LogP contribution in [-0.2, 0) is 19.4 Å². The number of rotatable bonds is 23. The first-order valence-corrected chi connectivity index (χ1v) is 28.7. The predicted octanol–water partition coefficient (Wildman–Crippen LogP) is 20.4. The lowest BCUT2D eigenvalue weighted by atomic mass is 9.49. The van der Waals surface area contributed by atoms with E-state index < -0.39 is 0 Å². The summed E-state index contributed by atoms with van der Waals surface area (Å²) >= 11 is 0. The van der Waals surface area contributed by atoms with Crippen LogP contribution in [0.15, 0.2) is 115 Å². The second kappa shape index (κ2) is 21.9. The number of unbranched alkanes of at least 4 members (excludes halogenated alkanes) is 1. The number of allylic oxidation sites excluding steroid dienone is 1. The van der Waals surface area contributed by atoms with Crippen molar-refractivity contribution in [1.82, 2.24) is 4.90 Å². The van der Waals surface area contributed by atoms with Crippen molar-refractivity contribution in [1.29, 1.82) is 0 Å². The van der Waals surface area contributed by atoms with E-state index in [9.17, 15) is 0 Å². The molecule has 0 bridgehead atoms. The minimum atomic E-state index is 0.108. The van der Waals surface area contributed by atoms with E-state index in [4.69, 9.17) is 0 Å². The Morgan fingerprint density at radius 2 is 1.31 bits per heavy atom. The normalized spacial score (nSPS) is 16.8. The van der Waals surface area contributed by atoms with Gasteiger partial charge in [0, 0.05) is 25.6 Å². The summed E-state index contributed by atoms with van der Waals surface area (Å²) in [6.45, 7) is 45.0. The third kappa shape index (κ3) is 12.5. The minimum absolute atomic E-state index is 0.108. The number of hydrogen-bond donors (Lipinski definition) is 0. The van der Waals surface area contributed by atoms with E-state index in [1.54, 1.807) is 0 Å². The zero-order valence-electron chi connectivity index (χ0n) is 48.8. The average Bonchev–Trinajstić information content (AvgIpc) is 3.31. The second-order valence-corrected chi connectivity index (χ2v) is 27.8. The van der Waals surface area contributed by atoms with Gasteiger partial charge in [-0.2, -0.15) is 0 Å². The minimum Gasteiger partial charge on any atom is -0.298 e. The fourth-order valence-corrected chi connectivity index (χ4v) is 14.4. The topological polar surface area (TPSA) is 3.24 Å². The third-order valence-electron chi connectivity index (χ3n) is 19.2. The highest BCUT2D eigenvalue weighted by atomic mass is 15.1. The van der Waals surface area contributed by atoms with Crippen LogP contribution in [0.3, 0.4) is 0 Å². The van der Waals surface area contributed by atoms with Crippen LogP contribution in [0.5, 0.6) is 0 Å². The zero-order chi connectivity index (χ0) is 52.4. The molecular weight excluding hydrogens is 867 g/mol. The summed E-state index contributed by atoms with van der Waals surface area (Å²) in [6.07, 6.45) is 18.0. The largest absolute Gasteiger partial charge is 0.298 e. The molecule has 2 aliphatic carbocycles. The monoisotopic (exact) mass is 966 g/mol. The molecule has 4 unspecified atom stereocenters. The maximum Gasteiger partial charge on any atom is 0.0234 e. The molecular formula is C71H99N. The van der Waals surface area contributed by atoms with Gasteiger partial charge in [-0.15, -0.1) is 0 Å². The number of nitrogens with zero attached hydrogens (tertiary/aromatic N) is 1. The molecule has 1 nitrogen and oxygen atoms in total. The first-order valence-electron chi connectivity index (χ1n) is 28.7. The molecule has 2 aliphatic rings. The highest BCUT2D eigenvalue weighted by Gasteiger charge is 2.51. The fraction of sp³-hybridized carbons (Fsp3) is 0.549. The SMILES string of the molecule is CCCCC(C)(C)C(c1ccc(CCN(Cc2ccc(C(CC)CC(C)(C)CC(C)c3ccc(C)cc3)cc2)CC2C=Cc3ccc4cccc5c4c3C2=CC5)cc1)C(C)(C)CC(C)(C)C(C)(C)C(C)(C)C. The molecule has 0 heterocycles. The summed E-state index contributed by atoms with van der Waals surface area (Å²) < 4.78 is 0. The van der Waals surface area contributed by atoms with Gasteiger partial charge >= 0.3 is 0 Å². The van der Waals surface area contributed by atoms with Gasteiger partial charge < -0.3 is 0 Å². The summed E-state index contributed by atoms with van der Waals surface area (Å²) in [4.78, 5) is 2.77. The summed E-state index contributed by atoms with van der Waals surface area (Å²) in [5, 5.41) is 2.85. The molecule has 0 amide bonds. The molecule has 0 aromatic heterocycles. The Balaban J connectivity index is 1.13. The Bertz CT molecular complexity index is 2630. The van der Waals surface area contributed by atoms with Crippen molar-refractivity contribution in [3.63, 3.8) is 0 Å². The predicted molar refractivity (Wildman–Crippen MR) is 317 cm³/mol. The smallest absolute Gasteiger partial charge is 0.0234 e. The molecule has 0 radical (unpaired) electrons. The van der Waals surface area contributed by atoms with Crippen LogP contribution in [-0.4, -0.2) is 18.0 Å². The summed E-state index contributed by atoms with van der Waals surface area (Å²) in [5.74, 6) is 1.89. The zero-order valence-corrected chi connectivity index (χ0v) is 48.8. The Kier molecular flexibility index (Phi) is 16.9. The van der Waals surface area contributed by atoms with Crippen LogP contribution >= 0.6 is 0 Å². The number of benzene rings is 5. The van der Waals surface area contributed by atoms with E-state index in [1.807, 2.05) is 0 Å². The fourth-order valence-electron chi connectivity index (χ4n) is 14.4. The standard InChI is InChI=1S/C71H99N/c1-18-20-43-68(10,11)65(69(12,13)49-70(14,15)71(16,17)66(5,6)7)60-34-26-52(27-35-60)42-44-72(48-61-39-38-59-37-36-57-22-21-23-58-40-41-62(61)64(59)63(57)58)47-53-28-32-56(33-29-53)54(19-2)46-67(8,9)45-51(4)55-30-24-50(3)25-31-55/h21-39,41,51,54,61,65H,18-20,40,42-49H2,1-17H3. The van der Waals surface area contributed by atoms with Crippen LogP contribution < -0.4 is 0 Å². The first-order chi connectivity index (χ1) is 33.8. The van der Waals surface area contributed by atoms with Gasteiger partial charge in [0.1, 0.15) is 0 Å².